The average molecular weight is 474 g/mol. The van der Waals surface area contributed by atoms with Crippen molar-refractivity contribution in [2.45, 2.75) is 25.5 Å². The summed E-state index contributed by atoms with van der Waals surface area (Å²) in [5, 5.41) is 1.18. The maximum absolute atomic E-state index is 14.1. The number of methoxy groups -OCH3 is 2. The van der Waals surface area contributed by atoms with Crippen LogP contribution in [0.25, 0.3) is 0 Å². The van der Waals surface area contributed by atoms with Crippen LogP contribution in [0.2, 0.25) is 0 Å². The standard InChI is InChI=1S/C28H27NO6/c1-18-10-14-21(15-11-18)25-23(24(30)20-8-6-5-7-9-20)28(26(31)33-3,27(32)34-4)29(35-25)22-16-12-19(2)13-17-22/h5-17,23,25H,1-4H3. The molecule has 2 unspecified atom stereocenters. The molecule has 7 heteroatoms. The average Bonchev–Trinajstić information content (AvgIpc) is 3.25. The van der Waals surface area contributed by atoms with Crippen LogP contribution in [-0.2, 0) is 23.9 Å². The van der Waals surface area contributed by atoms with E-state index in [2.05, 4.69) is 0 Å². The fraction of sp³-hybridized carbons (Fsp3) is 0.250. The number of carbonyl (C=O) groups is 3. The first-order valence-corrected chi connectivity index (χ1v) is 11.2. The number of nitrogens with zero attached hydrogens (tertiary/aromatic N) is 1. The number of ether oxygens (including phenoxy) is 2. The molecule has 4 rings (SSSR count). The van der Waals surface area contributed by atoms with Gasteiger partial charge in [0.2, 0.25) is 0 Å². The zero-order valence-electron chi connectivity index (χ0n) is 20.1. The molecule has 0 aromatic heterocycles. The molecule has 7 nitrogen and oxygen atoms in total. The maximum Gasteiger partial charge on any atom is 0.346 e. The van der Waals surface area contributed by atoms with Gasteiger partial charge in [-0.2, -0.15) is 0 Å². The number of hydrogen-bond donors (Lipinski definition) is 0. The number of ketones is 1. The second-order valence-corrected chi connectivity index (χ2v) is 8.52. The molecule has 180 valence electrons. The highest BCUT2D eigenvalue weighted by Crippen LogP contribution is 2.50. The Kier molecular flexibility index (Phi) is 6.71. The molecule has 35 heavy (non-hydrogen) atoms. The van der Waals surface area contributed by atoms with E-state index in [4.69, 9.17) is 14.3 Å². The van der Waals surface area contributed by atoms with Crippen LogP contribution in [-0.4, -0.2) is 37.5 Å². The topological polar surface area (TPSA) is 82.1 Å². The third-order valence-corrected chi connectivity index (χ3v) is 6.30. The van der Waals surface area contributed by atoms with Gasteiger partial charge in [-0.25, -0.2) is 14.7 Å². The van der Waals surface area contributed by atoms with Crippen LogP contribution >= 0.6 is 0 Å². The highest BCUT2D eigenvalue weighted by molar-refractivity contribution is 6.15. The molecule has 0 saturated carbocycles. The molecule has 2 atom stereocenters. The molecule has 0 aliphatic carbocycles. The number of carbonyl (C=O) groups excluding carboxylic acids is 3. The maximum atomic E-state index is 14.1. The summed E-state index contributed by atoms with van der Waals surface area (Å²) in [6.45, 7) is 3.86. The molecule has 3 aromatic rings. The van der Waals surface area contributed by atoms with Crippen LogP contribution in [0.4, 0.5) is 5.69 Å². The van der Waals surface area contributed by atoms with Gasteiger partial charge in [-0.05, 0) is 31.5 Å². The van der Waals surface area contributed by atoms with Gasteiger partial charge in [0.05, 0.1) is 19.9 Å². The van der Waals surface area contributed by atoms with E-state index in [9.17, 15) is 14.4 Å². The zero-order chi connectivity index (χ0) is 25.2. The number of benzene rings is 3. The van der Waals surface area contributed by atoms with Crippen molar-refractivity contribution < 1.29 is 28.7 Å². The minimum absolute atomic E-state index is 0.334. The number of anilines is 1. The lowest BCUT2D eigenvalue weighted by atomic mass is 9.74. The van der Waals surface area contributed by atoms with Gasteiger partial charge in [0, 0.05) is 5.56 Å². The quantitative estimate of drug-likeness (QED) is 0.299. The Morgan fingerprint density at radius 3 is 1.80 bits per heavy atom. The number of aryl methyl sites for hydroxylation is 2. The van der Waals surface area contributed by atoms with E-state index in [1.165, 1.54) is 19.3 Å². The second kappa shape index (κ2) is 9.72. The predicted molar refractivity (Wildman–Crippen MR) is 130 cm³/mol. The van der Waals surface area contributed by atoms with Crippen LogP contribution in [0.1, 0.15) is 33.2 Å². The Morgan fingerprint density at radius 2 is 1.29 bits per heavy atom. The summed E-state index contributed by atoms with van der Waals surface area (Å²) < 4.78 is 10.3. The molecule has 3 aromatic carbocycles. The molecule has 1 fully saturated rings. The lowest BCUT2D eigenvalue weighted by Gasteiger charge is -2.35. The first-order valence-electron chi connectivity index (χ1n) is 11.2. The number of hydroxylamine groups is 1. The Morgan fingerprint density at radius 1 is 0.771 bits per heavy atom. The molecule has 1 saturated heterocycles. The van der Waals surface area contributed by atoms with Crippen molar-refractivity contribution in [1.29, 1.82) is 0 Å². The van der Waals surface area contributed by atoms with Crippen LogP contribution in [0.15, 0.2) is 78.9 Å². The lowest BCUT2D eigenvalue weighted by Crippen LogP contribution is -2.63. The van der Waals surface area contributed by atoms with Crippen molar-refractivity contribution in [3.63, 3.8) is 0 Å². The summed E-state index contributed by atoms with van der Waals surface area (Å²) in [5.41, 5.74) is 1.15. The summed E-state index contributed by atoms with van der Waals surface area (Å²) in [5.74, 6) is -3.64. The van der Waals surface area contributed by atoms with Crippen molar-refractivity contribution in [3.05, 3.63) is 101 Å². The SMILES string of the molecule is COC(=O)C1(C(=O)OC)C(C(=O)c2ccccc2)C(c2ccc(C)cc2)ON1c1ccc(C)cc1. The van der Waals surface area contributed by atoms with E-state index >= 15 is 0 Å². The Balaban J connectivity index is 2.01. The predicted octanol–water partition coefficient (Wildman–Crippen LogP) is 4.38. The van der Waals surface area contributed by atoms with Crippen molar-refractivity contribution in [3.8, 4) is 0 Å². The molecule has 1 heterocycles. The van der Waals surface area contributed by atoms with E-state index in [1.807, 2.05) is 50.2 Å². The minimum Gasteiger partial charge on any atom is -0.467 e. The van der Waals surface area contributed by atoms with Gasteiger partial charge in [0.1, 0.15) is 12.0 Å². The second-order valence-electron chi connectivity index (χ2n) is 8.52. The first-order chi connectivity index (χ1) is 16.8. The van der Waals surface area contributed by atoms with Gasteiger partial charge < -0.3 is 9.47 Å². The van der Waals surface area contributed by atoms with Gasteiger partial charge in [0.25, 0.3) is 5.54 Å². The van der Waals surface area contributed by atoms with Gasteiger partial charge in [0.15, 0.2) is 5.78 Å². The fourth-order valence-electron chi connectivity index (χ4n) is 4.48. The summed E-state index contributed by atoms with van der Waals surface area (Å²) in [4.78, 5) is 47.5. The minimum atomic E-state index is -2.22. The van der Waals surface area contributed by atoms with Crippen LogP contribution in [0, 0.1) is 19.8 Å². The molecular formula is C28H27NO6. The monoisotopic (exact) mass is 473 g/mol. The van der Waals surface area contributed by atoms with Gasteiger partial charge >= 0.3 is 11.9 Å². The van der Waals surface area contributed by atoms with Crippen LogP contribution in [0.5, 0.6) is 0 Å². The molecule has 0 N–H and O–H groups in total. The summed E-state index contributed by atoms with van der Waals surface area (Å²) in [7, 11) is 2.34. The van der Waals surface area contributed by atoms with E-state index < -0.39 is 35.3 Å². The molecular weight excluding hydrogens is 446 g/mol. The molecule has 0 spiro atoms. The zero-order valence-corrected chi connectivity index (χ0v) is 20.1. The number of rotatable bonds is 6. The number of hydrogen-bond acceptors (Lipinski definition) is 7. The van der Waals surface area contributed by atoms with E-state index in [0.717, 1.165) is 11.1 Å². The molecule has 0 bridgehead atoms. The van der Waals surface area contributed by atoms with Crippen molar-refractivity contribution in [2.75, 3.05) is 19.3 Å². The van der Waals surface area contributed by atoms with Gasteiger partial charge in [-0.1, -0.05) is 77.9 Å². The summed E-state index contributed by atoms with van der Waals surface area (Å²) in [6, 6.07) is 23.0. The van der Waals surface area contributed by atoms with Gasteiger partial charge in [-0.15, -0.1) is 0 Å². The molecule has 0 radical (unpaired) electrons. The van der Waals surface area contributed by atoms with Crippen molar-refractivity contribution in [1.82, 2.24) is 0 Å². The molecule has 1 aliphatic rings. The van der Waals surface area contributed by atoms with Crippen LogP contribution < -0.4 is 5.06 Å². The summed E-state index contributed by atoms with van der Waals surface area (Å²) >= 11 is 0. The third kappa shape index (κ3) is 4.08. The Bertz CT molecular complexity index is 1200. The van der Waals surface area contributed by atoms with Gasteiger partial charge in [-0.3, -0.25) is 9.63 Å². The molecule has 0 amide bonds. The first kappa shape index (κ1) is 24.2. The normalized spacial score (nSPS) is 18.7. The smallest absolute Gasteiger partial charge is 0.346 e. The van der Waals surface area contributed by atoms with E-state index in [1.54, 1.807) is 42.5 Å². The van der Waals surface area contributed by atoms with E-state index in [0.29, 0.717) is 16.8 Å². The largest absolute Gasteiger partial charge is 0.467 e. The van der Waals surface area contributed by atoms with Crippen molar-refractivity contribution in [2.24, 2.45) is 5.92 Å². The fourth-order valence-corrected chi connectivity index (χ4v) is 4.48. The Labute approximate surface area is 204 Å². The summed E-state index contributed by atoms with van der Waals surface area (Å²) in [6.07, 6.45) is -0.970. The molecule has 1 aliphatic heterocycles. The third-order valence-electron chi connectivity index (χ3n) is 6.30. The number of Topliss-reactive ketones (excluding diaryl/α,β-unsaturated/α-hetero) is 1. The Hall–Kier alpha value is -3.97. The highest BCUT2D eigenvalue weighted by atomic mass is 16.7. The number of esters is 2. The van der Waals surface area contributed by atoms with Crippen LogP contribution in [0.3, 0.4) is 0 Å². The van der Waals surface area contributed by atoms with Crippen molar-refractivity contribution >= 4 is 23.4 Å². The highest BCUT2D eigenvalue weighted by Gasteiger charge is 2.70. The lowest BCUT2D eigenvalue weighted by molar-refractivity contribution is -0.163. The van der Waals surface area contributed by atoms with E-state index in [-0.39, 0.29) is 0 Å².